The topological polar surface area (TPSA) is 86.8 Å². The van der Waals surface area contributed by atoms with Gasteiger partial charge >= 0.3 is 0 Å². The van der Waals surface area contributed by atoms with Crippen LogP contribution < -0.4 is 9.62 Å². The number of hydrogen-bond acceptors (Lipinski definition) is 4. The normalized spacial score (nSPS) is 13.1. The molecule has 7 nitrogen and oxygen atoms in total. The van der Waals surface area contributed by atoms with E-state index >= 15 is 0 Å². The first-order chi connectivity index (χ1) is 16.0. The van der Waals surface area contributed by atoms with Crippen LogP contribution in [-0.2, 0) is 26.2 Å². The summed E-state index contributed by atoms with van der Waals surface area (Å²) in [5, 5.41) is 3.40. The molecule has 0 aliphatic rings. The first-order valence-corrected chi connectivity index (χ1v) is 14.1. The molecule has 0 saturated carbocycles. The summed E-state index contributed by atoms with van der Waals surface area (Å²) in [5.41, 5.74) is 1.02. The van der Waals surface area contributed by atoms with Crippen molar-refractivity contribution in [3.63, 3.8) is 0 Å². The average molecular weight is 573 g/mol. The molecule has 0 spiro atoms. The zero-order valence-corrected chi connectivity index (χ0v) is 23.0. The number of hydrogen-bond donors (Lipinski definition) is 1. The molecule has 2 aromatic carbocycles. The summed E-state index contributed by atoms with van der Waals surface area (Å²) in [7, 11) is -3.77. The van der Waals surface area contributed by atoms with Gasteiger partial charge < -0.3 is 10.2 Å². The van der Waals surface area contributed by atoms with Crippen molar-refractivity contribution in [3.05, 3.63) is 63.6 Å². The lowest BCUT2D eigenvalue weighted by molar-refractivity contribution is -0.140. The number of nitrogens with zero attached hydrogens (tertiary/aromatic N) is 2. The third-order valence-electron chi connectivity index (χ3n) is 5.48. The van der Waals surface area contributed by atoms with E-state index in [-0.39, 0.29) is 18.5 Å². The maximum absolute atomic E-state index is 13.6. The fourth-order valence-electron chi connectivity index (χ4n) is 3.39. The van der Waals surface area contributed by atoms with Crippen LogP contribution in [0, 0.1) is 0 Å². The van der Waals surface area contributed by atoms with Crippen LogP contribution in [0.25, 0.3) is 0 Å². The molecule has 0 saturated heterocycles. The van der Waals surface area contributed by atoms with Crippen LogP contribution in [0.2, 0.25) is 5.02 Å². The van der Waals surface area contributed by atoms with Crippen LogP contribution in [0.15, 0.2) is 53.0 Å². The van der Waals surface area contributed by atoms with Gasteiger partial charge in [0.2, 0.25) is 21.8 Å². The molecule has 1 N–H and O–H groups in total. The fourth-order valence-corrected chi connectivity index (χ4v) is 4.70. The van der Waals surface area contributed by atoms with E-state index in [0.29, 0.717) is 22.7 Å². The highest BCUT2D eigenvalue weighted by Gasteiger charge is 2.32. The molecule has 0 aromatic heterocycles. The quantitative estimate of drug-likeness (QED) is 0.427. The monoisotopic (exact) mass is 571 g/mol. The number of anilines is 1. The molecular formula is C24H31BrClN3O4S. The van der Waals surface area contributed by atoms with Gasteiger partial charge in [0.1, 0.15) is 12.6 Å². The van der Waals surface area contributed by atoms with Gasteiger partial charge in [-0.15, -0.1) is 0 Å². The lowest BCUT2D eigenvalue weighted by atomic mass is 10.1. The molecule has 0 aliphatic heterocycles. The van der Waals surface area contributed by atoms with Crippen LogP contribution >= 0.6 is 27.5 Å². The number of sulfonamides is 1. The first-order valence-electron chi connectivity index (χ1n) is 11.0. The Labute approximate surface area is 215 Å². The summed E-state index contributed by atoms with van der Waals surface area (Å²) in [6.07, 6.45) is 2.15. The fraction of sp³-hybridized carbons (Fsp3) is 0.417. The lowest BCUT2D eigenvalue weighted by Gasteiger charge is -2.33. The van der Waals surface area contributed by atoms with E-state index in [9.17, 15) is 18.0 Å². The molecule has 186 valence electrons. The number of carbonyl (C=O) groups is 2. The molecule has 0 aliphatic carbocycles. The van der Waals surface area contributed by atoms with Crippen molar-refractivity contribution in [2.75, 3.05) is 17.1 Å². The zero-order chi connectivity index (χ0) is 25.5. The Morgan fingerprint density at radius 2 is 1.68 bits per heavy atom. The molecule has 0 radical (unpaired) electrons. The second-order valence-electron chi connectivity index (χ2n) is 8.10. The standard InChI is InChI=1S/C24H31BrClN3O4S/c1-5-17(3)27-24(31)22(6-2)28(15-18-9-7-8-10-21(18)26)23(30)16-29(34(4,32)33)20-13-11-19(25)12-14-20/h7-14,17,22H,5-6,15-16H2,1-4H3,(H,27,31)/t17-,22-/m0/s1. The van der Waals surface area contributed by atoms with Crippen molar-refractivity contribution in [2.45, 2.75) is 52.2 Å². The number of amides is 2. The predicted octanol–water partition coefficient (Wildman–Crippen LogP) is 4.59. The van der Waals surface area contributed by atoms with E-state index in [0.717, 1.165) is 21.5 Å². The van der Waals surface area contributed by atoms with Gasteiger partial charge in [0.25, 0.3) is 0 Å². The minimum Gasteiger partial charge on any atom is -0.352 e. The molecule has 0 unspecified atom stereocenters. The summed E-state index contributed by atoms with van der Waals surface area (Å²) >= 11 is 9.68. The van der Waals surface area contributed by atoms with Gasteiger partial charge in [-0.2, -0.15) is 0 Å². The third-order valence-corrected chi connectivity index (χ3v) is 7.52. The van der Waals surface area contributed by atoms with E-state index in [2.05, 4.69) is 21.2 Å². The van der Waals surface area contributed by atoms with Gasteiger partial charge in [0.15, 0.2) is 0 Å². The number of halogens is 2. The van der Waals surface area contributed by atoms with Gasteiger partial charge in [0, 0.05) is 22.1 Å². The molecule has 2 amide bonds. The third kappa shape index (κ3) is 7.71. The van der Waals surface area contributed by atoms with E-state index in [4.69, 9.17) is 11.6 Å². The average Bonchev–Trinajstić information content (AvgIpc) is 2.78. The largest absolute Gasteiger partial charge is 0.352 e. The highest BCUT2D eigenvalue weighted by atomic mass is 79.9. The molecule has 10 heteroatoms. The molecule has 0 heterocycles. The van der Waals surface area contributed by atoms with Crippen molar-refractivity contribution in [2.24, 2.45) is 0 Å². The summed E-state index contributed by atoms with van der Waals surface area (Å²) in [4.78, 5) is 28.1. The molecule has 2 rings (SSSR count). The van der Waals surface area contributed by atoms with Gasteiger partial charge in [-0.1, -0.05) is 59.6 Å². The zero-order valence-electron chi connectivity index (χ0n) is 19.8. The summed E-state index contributed by atoms with van der Waals surface area (Å²) in [6, 6.07) is 12.9. The Morgan fingerprint density at radius 1 is 1.06 bits per heavy atom. The highest BCUT2D eigenvalue weighted by Crippen LogP contribution is 2.23. The highest BCUT2D eigenvalue weighted by molar-refractivity contribution is 9.10. The van der Waals surface area contributed by atoms with Gasteiger partial charge in [-0.05, 0) is 55.7 Å². The number of benzene rings is 2. The second kappa shape index (κ2) is 12.6. The molecule has 0 bridgehead atoms. The van der Waals surface area contributed by atoms with Crippen molar-refractivity contribution < 1.29 is 18.0 Å². The van der Waals surface area contributed by atoms with Crippen molar-refractivity contribution >= 4 is 55.1 Å². The van der Waals surface area contributed by atoms with Gasteiger partial charge in [-0.25, -0.2) is 8.42 Å². The Hall–Kier alpha value is -2.10. The van der Waals surface area contributed by atoms with Crippen molar-refractivity contribution in [1.29, 1.82) is 0 Å². The van der Waals surface area contributed by atoms with Crippen LogP contribution in [0.3, 0.4) is 0 Å². The summed E-state index contributed by atoms with van der Waals surface area (Å²) in [5.74, 6) is -0.786. The van der Waals surface area contributed by atoms with Crippen LogP contribution in [0.5, 0.6) is 0 Å². The van der Waals surface area contributed by atoms with E-state index < -0.39 is 28.5 Å². The molecule has 2 atom stereocenters. The van der Waals surface area contributed by atoms with Crippen molar-refractivity contribution in [3.8, 4) is 0 Å². The van der Waals surface area contributed by atoms with Crippen LogP contribution in [-0.4, -0.2) is 50.0 Å². The molecule has 0 fully saturated rings. The SMILES string of the molecule is CC[C@H](C)NC(=O)[C@H](CC)N(Cc1ccccc1Cl)C(=O)CN(c1ccc(Br)cc1)S(C)(=O)=O. The Bertz CT molecular complexity index is 1100. The maximum atomic E-state index is 13.6. The van der Waals surface area contributed by atoms with E-state index in [1.54, 1.807) is 48.5 Å². The second-order valence-corrected chi connectivity index (χ2v) is 11.3. The van der Waals surface area contributed by atoms with Gasteiger partial charge in [0.05, 0.1) is 11.9 Å². The summed E-state index contributed by atoms with van der Waals surface area (Å²) < 4.78 is 27.0. The summed E-state index contributed by atoms with van der Waals surface area (Å²) in [6.45, 7) is 5.29. The first kappa shape index (κ1) is 28.1. The van der Waals surface area contributed by atoms with E-state index in [1.165, 1.54) is 4.90 Å². The maximum Gasteiger partial charge on any atom is 0.244 e. The minimum atomic E-state index is -3.77. The van der Waals surface area contributed by atoms with Crippen LogP contribution in [0.1, 0.15) is 39.2 Å². The smallest absolute Gasteiger partial charge is 0.244 e. The predicted molar refractivity (Wildman–Crippen MR) is 140 cm³/mol. The van der Waals surface area contributed by atoms with Gasteiger partial charge in [-0.3, -0.25) is 13.9 Å². The lowest BCUT2D eigenvalue weighted by Crippen LogP contribution is -2.53. The molecular weight excluding hydrogens is 542 g/mol. The molecule has 2 aromatic rings. The molecule has 34 heavy (non-hydrogen) atoms. The van der Waals surface area contributed by atoms with Crippen molar-refractivity contribution in [1.82, 2.24) is 10.2 Å². The number of rotatable bonds is 11. The van der Waals surface area contributed by atoms with E-state index in [1.807, 2.05) is 20.8 Å². The minimum absolute atomic E-state index is 0.0610. The Kier molecular flexibility index (Phi) is 10.4. The number of nitrogens with one attached hydrogen (secondary N) is 1. The Balaban J connectivity index is 2.44. The number of carbonyl (C=O) groups excluding carboxylic acids is 2. The van der Waals surface area contributed by atoms with Crippen LogP contribution in [0.4, 0.5) is 5.69 Å². The Morgan fingerprint density at radius 3 is 2.21 bits per heavy atom.